The molecule has 1 aromatic carbocycles. The topological polar surface area (TPSA) is 52.5 Å². The van der Waals surface area contributed by atoms with E-state index in [1.54, 1.807) is 18.2 Å². The van der Waals surface area contributed by atoms with Crippen LogP contribution in [0.15, 0.2) is 29.4 Å². The first-order chi connectivity index (χ1) is 4.84. The maximum atomic E-state index is 10.8. The van der Waals surface area contributed by atoms with Crippen molar-refractivity contribution in [3.8, 4) is 5.75 Å². The molecule has 3 nitrogen and oxygen atoms in total. The number of hydrogen-bond donors (Lipinski definition) is 1. The molecule has 0 aliphatic rings. The molecule has 1 rings (SSSR count). The monoisotopic (exact) mass is 136 g/mol. The Balaban J connectivity index is 3.03. The molecule has 0 saturated carbocycles. The second-order valence-corrected chi connectivity index (χ2v) is 1.78. The van der Waals surface area contributed by atoms with Crippen LogP contribution < -0.4 is 0 Å². The third kappa shape index (κ3) is 1.25. The predicted octanol–water partition coefficient (Wildman–Crippen LogP) is 1.64. The lowest BCUT2D eigenvalue weighted by atomic mass is 10.2. The zero-order valence-corrected chi connectivity index (χ0v) is 5.19. The molecule has 0 aliphatic heterocycles. The summed E-state index contributed by atoms with van der Waals surface area (Å²) in [5.41, 5.74) is 0.394. The largest absolute Gasteiger partial charge is 0.411 e. The van der Waals surface area contributed by atoms with Gasteiger partial charge in [-0.15, -0.1) is 0 Å². The molecule has 3 heteroatoms. The maximum absolute atomic E-state index is 10.8. The molecular weight excluding hydrogens is 130 g/mol. The molecule has 0 amide bonds. The lowest BCUT2D eigenvalue weighted by Gasteiger charge is -1.89. The highest BCUT2D eigenvalue weighted by atomic mass is 16.4. The molecule has 51 valence electrons. The number of benzene rings is 1. The van der Waals surface area contributed by atoms with Crippen LogP contribution in [0.4, 0.5) is 0 Å². The first-order valence-electron chi connectivity index (χ1n) is 2.78. The van der Waals surface area contributed by atoms with Gasteiger partial charge in [0.25, 0.3) is 0 Å². The quantitative estimate of drug-likeness (QED) is 0.356. The Bertz CT molecular complexity index is 245. The lowest BCUT2D eigenvalue weighted by Crippen LogP contribution is -1.78. The van der Waals surface area contributed by atoms with E-state index in [4.69, 9.17) is 5.21 Å². The summed E-state index contributed by atoms with van der Waals surface area (Å²) in [6, 6.07) is 6.34. The van der Waals surface area contributed by atoms with Crippen LogP contribution in [0.3, 0.4) is 0 Å². The predicted molar refractivity (Wildman–Crippen MR) is 36.0 cm³/mol. The molecule has 0 atom stereocenters. The van der Waals surface area contributed by atoms with Crippen LogP contribution >= 0.6 is 0 Å². The van der Waals surface area contributed by atoms with E-state index in [1.807, 2.05) is 0 Å². The van der Waals surface area contributed by atoms with E-state index in [0.29, 0.717) is 5.56 Å². The minimum atomic E-state index is -0.139. The van der Waals surface area contributed by atoms with Gasteiger partial charge in [0, 0.05) is 5.56 Å². The molecule has 0 aliphatic carbocycles. The van der Waals surface area contributed by atoms with E-state index in [-0.39, 0.29) is 5.75 Å². The Kier molecular flexibility index (Phi) is 1.89. The van der Waals surface area contributed by atoms with Crippen molar-refractivity contribution in [1.82, 2.24) is 0 Å². The van der Waals surface area contributed by atoms with Gasteiger partial charge in [0.15, 0.2) is 5.75 Å². The van der Waals surface area contributed by atoms with Gasteiger partial charge < -0.3 is 5.21 Å². The van der Waals surface area contributed by atoms with Gasteiger partial charge in [-0.05, 0) is 12.1 Å². The highest BCUT2D eigenvalue weighted by Crippen LogP contribution is 2.13. The van der Waals surface area contributed by atoms with E-state index >= 15 is 0 Å². The minimum Gasteiger partial charge on any atom is -0.411 e. The van der Waals surface area contributed by atoms with E-state index in [1.165, 1.54) is 6.07 Å². The second kappa shape index (κ2) is 2.87. The van der Waals surface area contributed by atoms with Crippen molar-refractivity contribution in [1.29, 1.82) is 0 Å². The summed E-state index contributed by atoms with van der Waals surface area (Å²) in [5.74, 6) is -0.139. The van der Waals surface area contributed by atoms with E-state index in [9.17, 15) is 5.11 Å². The normalized spacial score (nSPS) is 10.4. The molecule has 10 heavy (non-hydrogen) atoms. The van der Waals surface area contributed by atoms with Gasteiger partial charge in [-0.2, -0.15) is 0 Å². The standard InChI is InChI=1S/C7H6NO2/c9-7-4-2-1-3-6(7)5-8-10/h1-5,10H/b8-5-. The third-order valence-corrected chi connectivity index (χ3v) is 1.12. The minimum absolute atomic E-state index is 0.139. The second-order valence-electron chi connectivity index (χ2n) is 1.78. The van der Waals surface area contributed by atoms with Crippen LogP contribution in [-0.4, -0.2) is 11.4 Å². The summed E-state index contributed by atoms with van der Waals surface area (Å²) >= 11 is 0. The zero-order valence-electron chi connectivity index (χ0n) is 5.19. The van der Waals surface area contributed by atoms with E-state index < -0.39 is 0 Å². The maximum Gasteiger partial charge on any atom is 0.187 e. The highest BCUT2D eigenvalue weighted by molar-refractivity contribution is 5.82. The van der Waals surface area contributed by atoms with Crippen LogP contribution in [0.1, 0.15) is 5.56 Å². The fraction of sp³-hybridized carbons (Fsp3) is 0. The first kappa shape index (κ1) is 6.61. The number of hydrogen-bond acceptors (Lipinski definition) is 2. The van der Waals surface area contributed by atoms with Crippen molar-refractivity contribution >= 4 is 6.21 Å². The summed E-state index contributed by atoms with van der Waals surface area (Å²) < 4.78 is 0. The Labute approximate surface area is 58.2 Å². The summed E-state index contributed by atoms with van der Waals surface area (Å²) in [6.45, 7) is 0. The molecule has 0 aromatic heterocycles. The molecule has 0 bridgehead atoms. The van der Waals surface area contributed by atoms with Crippen LogP contribution in [0.5, 0.6) is 5.75 Å². The molecule has 1 aromatic rings. The van der Waals surface area contributed by atoms with Crippen LogP contribution in [0.2, 0.25) is 0 Å². The Morgan fingerprint density at radius 2 is 2.10 bits per heavy atom. The fourth-order valence-electron chi connectivity index (χ4n) is 0.649. The van der Waals surface area contributed by atoms with Crippen molar-refractivity contribution in [3.05, 3.63) is 29.8 Å². The van der Waals surface area contributed by atoms with Crippen molar-refractivity contribution in [2.24, 2.45) is 5.16 Å². The summed E-state index contributed by atoms with van der Waals surface area (Å²) in [4.78, 5) is 0. The van der Waals surface area contributed by atoms with Crippen molar-refractivity contribution in [3.63, 3.8) is 0 Å². The molecule has 0 saturated heterocycles. The van der Waals surface area contributed by atoms with E-state index in [0.717, 1.165) is 6.21 Å². The smallest absolute Gasteiger partial charge is 0.187 e. The van der Waals surface area contributed by atoms with E-state index in [2.05, 4.69) is 5.16 Å². The van der Waals surface area contributed by atoms with Crippen LogP contribution in [-0.2, 0) is 5.11 Å². The summed E-state index contributed by atoms with van der Waals surface area (Å²) in [6.07, 6.45) is 1.11. The molecular formula is C7H6NO2. The average molecular weight is 136 g/mol. The number of oxime groups is 1. The summed E-state index contributed by atoms with van der Waals surface area (Å²) in [5, 5.41) is 21.6. The van der Waals surface area contributed by atoms with Crippen LogP contribution in [0, 0.1) is 0 Å². The molecule has 0 heterocycles. The van der Waals surface area contributed by atoms with Crippen molar-refractivity contribution in [2.45, 2.75) is 0 Å². The summed E-state index contributed by atoms with van der Waals surface area (Å²) in [7, 11) is 0. The van der Waals surface area contributed by atoms with Gasteiger partial charge in [0.2, 0.25) is 0 Å². The number of nitrogens with zero attached hydrogens (tertiary/aromatic N) is 1. The average Bonchev–Trinajstić information content (AvgIpc) is 1.94. The molecule has 0 fully saturated rings. The number of rotatable bonds is 1. The van der Waals surface area contributed by atoms with Gasteiger partial charge >= 0.3 is 0 Å². The molecule has 1 N–H and O–H groups in total. The molecule has 0 unspecified atom stereocenters. The van der Waals surface area contributed by atoms with Gasteiger partial charge in [0.05, 0.1) is 6.21 Å². The molecule has 0 spiro atoms. The van der Waals surface area contributed by atoms with Gasteiger partial charge in [-0.3, -0.25) is 5.11 Å². The molecule has 1 radical (unpaired) electrons. The zero-order chi connectivity index (χ0) is 7.40. The fourth-order valence-corrected chi connectivity index (χ4v) is 0.649. The highest BCUT2D eigenvalue weighted by Gasteiger charge is 1.95. The number of para-hydroxylation sites is 1. The van der Waals surface area contributed by atoms with Crippen molar-refractivity contribution < 1.29 is 10.3 Å². The lowest BCUT2D eigenvalue weighted by molar-refractivity contribution is 0.320. The Morgan fingerprint density at radius 3 is 2.70 bits per heavy atom. The van der Waals surface area contributed by atoms with Gasteiger partial charge in [-0.1, -0.05) is 17.3 Å². The Hall–Kier alpha value is -1.51. The third-order valence-electron chi connectivity index (χ3n) is 1.12. The first-order valence-corrected chi connectivity index (χ1v) is 2.78. The SMILES string of the molecule is [O]c1ccccc1/C=N\O. The van der Waals surface area contributed by atoms with Crippen molar-refractivity contribution in [2.75, 3.05) is 0 Å². The van der Waals surface area contributed by atoms with Gasteiger partial charge in [0.1, 0.15) is 0 Å². The van der Waals surface area contributed by atoms with Gasteiger partial charge in [-0.25, -0.2) is 0 Å². The van der Waals surface area contributed by atoms with Crippen LogP contribution in [0.25, 0.3) is 0 Å². The Morgan fingerprint density at radius 1 is 1.40 bits per heavy atom.